The summed E-state index contributed by atoms with van der Waals surface area (Å²) in [6.07, 6.45) is -4.60. The molecule has 1 fully saturated rings. The maximum Gasteiger partial charge on any atom is 0.453 e. The van der Waals surface area contributed by atoms with Crippen molar-refractivity contribution in [3.05, 3.63) is 18.0 Å². The van der Waals surface area contributed by atoms with Gasteiger partial charge in [0, 0.05) is 13.1 Å². The molecule has 2 atom stereocenters. The van der Waals surface area contributed by atoms with Gasteiger partial charge in [-0.25, -0.2) is 0 Å². The Morgan fingerprint density at radius 1 is 1.14 bits per heavy atom. The Labute approximate surface area is 118 Å². The lowest BCUT2D eigenvalue weighted by Crippen LogP contribution is -2.46. The van der Waals surface area contributed by atoms with Gasteiger partial charge in [-0.15, -0.1) is 15.3 Å². The van der Waals surface area contributed by atoms with Gasteiger partial charge < -0.3 is 9.64 Å². The number of halogens is 3. The Balaban J connectivity index is 2.00. The number of hydrogen-bond donors (Lipinski definition) is 0. The van der Waals surface area contributed by atoms with Crippen LogP contribution in [0.4, 0.5) is 19.0 Å². The Hall–Kier alpha value is -1.90. The zero-order valence-corrected chi connectivity index (χ0v) is 11.5. The number of fused-ring (bicyclic) bond motifs is 1. The highest BCUT2D eigenvalue weighted by Gasteiger charge is 2.38. The molecule has 2 aromatic rings. The van der Waals surface area contributed by atoms with Crippen molar-refractivity contribution in [1.82, 2.24) is 19.8 Å². The average molecular weight is 301 g/mol. The van der Waals surface area contributed by atoms with E-state index >= 15 is 0 Å². The summed E-state index contributed by atoms with van der Waals surface area (Å²) < 4.78 is 44.9. The van der Waals surface area contributed by atoms with Gasteiger partial charge in [0.15, 0.2) is 5.65 Å². The topological polar surface area (TPSA) is 55.6 Å². The summed E-state index contributed by atoms with van der Waals surface area (Å²) in [7, 11) is 0. The van der Waals surface area contributed by atoms with Gasteiger partial charge in [0.1, 0.15) is 5.82 Å². The monoisotopic (exact) mass is 301 g/mol. The highest BCUT2D eigenvalue weighted by molar-refractivity contribution is 5.46. The van der Waals surface area contributed by atoms with Crippen molar-refractivity contribution in [3.8, 4) is 0 Å². The van der Waals surface area contributed by atoms with Crippen LogP contribution >= 0.6 is 0 Å². The molecule has 0 aromatic carbocycles. The normalized spacial score (nSPS) is 23.8. The summed E-state index contributed by atoms with van der Waals surface area (Å²) >= 11 is 0. The molecule has 9 heteroatoms. The molecule has 0 saturated carbocycles. The van der Waals surface area contributed by atoms with Crippen molar-refractivity contribution in [1.29, 1.82) is 0 Å². The molecule has 2 aromatic heterocycles. The minimum absolute atomic E-state index is 0.00533. The Morgan fingerprint density at radius 2 is 1.81 bits per heavy atom. The summed E-state index contributed by atoms with van der Waals surface area (Å²) in [5, 5.41) is 10.7. The third kappa shape index (κ3) is 2.65. The molecule has 0 aliphatic carbocycles. The molecule has 6 nitrogen and oxygen atoms in total. The zero-order valence-electron chi connectivity index (χ0n) is 11.5. The summed E-state index contributed by atoms with van der Waals surface area (Å²) in [6.45, 7) is 4.99. The minimum Gasteiger partial charge on any atom is -0.372 e. The molecule has 0 spiro atoms. The Bertz CT molecular complexity index is 646. The van der Waals surface area contributed by atoms with Crippen molar-refractivity contribution < 1.29 is 17.9 Å². The zero-order chi connectivity index (χ0) is 15.2. The van der Waals surface area contributed by atoms with Crippen LogP contribution in [0.15, 0.2) is 12.1 Å². The van der Waals surface area contributed by atoms with E-state index in [0.717, 1.165) is 4.52 Å². The number of anilines is 1. The first kappa shape index (κ1) is 14.1. The number of rotatable bonds is 1. The van der Waals surface area contributed by atoms with Crippen molar-refractivity contribution in [2.75, 3.05) is 18.0 Å². The molecule has 114 valence electrons. The first-order valence-corrected chi connectivity index (χ1v) is 6.54. The summed E-state index contributed by atoms with van der Waals surface area (Å²) in [6, 6.07) is 3.13. The molecule has 1 aliphatic rings. The van der Waals surface area contributed by atoms with E-state index in [1.54, 1.807) is 6.07 Å². The van der Waals surface area contributed by atoms with Crippen molar-refractivity contribution in [2.45, 2.75) is 32.2 Å². The number of ether oxygens (including phenoxy) is 1. The predicted octanol–water partition coefficient (Wildman–Crippen LogP) is 1.76. The fourth-order valence-electron chi connectivity index (χ4n) is 2.49. The van der Waals surface area contributed by atoms with Crippen LogP contribution in [0, 0.1) is 0 Å². The lowest BCUT2D eigenvalue weighted by molar-refractivity contribution is -0.146. The first-order chi connectivity index (χ1) is 9.84. The molecule has 0 amide bonds. The molecular formula is C12H14F3N5O. The van der Waals surface area contributed by atoms with Crippen LogP contribution in [0.1, 0.15) is 19.7 Å². The van der Waals surface area contributed by atoms with E-state index in [1.807, 2.05) is 18.7 Å². The first-order valence-electron chi connectivity index (χ1n) is 6.54. The maximum absolute atomic E-state index is 12.9. The van der Waals surface area contributed by atoms with Crippen LogP contribution in [-0.2, 0) is 10.9 Å². The van der Waals surface area contributed by atoms with Crippen LogP contribution in [0.5, 0.6) is 0 Å². The fourth-order valence-corrected chi connectivity index (χ4v) is 2.49. The summed E-state index contributed by atoms with van der Waals surface area (Å²) in [4.78, 5) is 1.90. The van der Waals surface area contributed by atoms with E-state index in [0.29, 0.717) is 18.9 Å². The lowest BCUT2D eigenvalue weighted by Gasteiger charge is -2.35. The fraction of sp³-hybridized carbons (Fsp3) is 0.583. The molecule has 3 heterocycles. The second-order valence-corrected chi connectivity index (χ2v) is 5.15. The van der Waals surface area contributed by atoms with Crippen LogP contribution in [0.25, 0.3) is 5.65 Å². The highest BCUT2D eigenvalue weighted by atomic mass is 19.4. The molecule has 1 aliphatic heterocycles. The predicted molar refractivity (Wildman–Crippen MR) is 68.0 cm³/mol. The van der Waals surface area contributed by atoms with E-state index in [-0.39, 0.29) is 17.9 Å². The molecule has 0 N–H and O–H groups in total. The molecule has 21 heavy (non-hydrogen) atoms. The maximum atomic E-state index is 12.9. The number of aromatic nitrogens is 4. The highest BCUT2D eigenvalue weighted by Crippen LogP contribution is 2.28. The average Bonchev–Trinajstić information content (AvgIpc) is 2.79. The number of hydrogen-bond acceptors (Lipinski definition) is 5. The van der Waals surface area contributed by atoms with Gasteiger partial charge in [0.05, 0.1) is 12.2 Å². The van der Waals surface area contributed by atoms with Crippen molar-refractivity contribution in [2.24, 2.45) is 0 Å². The smallest absolute Gasteiger partial charge is 0.372 e. The minimum atomic E-state index is -4.59. The molecule has 1 saturated heterocycles. The van der Waals surface area contributed by atoms with Crippen LogP contribution < -0.4 is 4.90 Å². The van der Waals surface area contributed by atoms with E-state index in [4.69, 9.17) is 4.74 Å². The molecule has 0 unspecified atom stereocenters. The van der Waals surface area contributed by atoms with Crippen LogP contribution in [0.2, 0.25) is 0 Å². The van der Waals surface area contributed by atoms with Crippen molar-refractivity contribution in [3.63, 3.8) is 0 Å². The van der Waals surface area contributed by atoms with Crippen LogP contribution in [0.3, 0.4) is 0 Å². The van der Waals surface area contributed by atoms with Gasteiger partial charge in [-0.05, 0) is 26.0 Å². The Morgan fingerprint density at radius 3 is 2.43 bits per heavy atom. The van der Waals surface area contributed by atoms with Crippen molar-refractivity contribution >= 4 is 11.5 Å². The van der Waals surface area contributed by atoms with Crippen LogP contribution in [-0.4, -0.2) is 45.1 Å². The number of alkyl halides is 3. The van der Waals surface area contributed by atoms with Gasteiger partial charge in [-0.2, -0.15) is 17.7 Å². The SMILES string of the molecule is C[C@@H]1CN(c2ccc3nnc(C(F)(F)F)n3n2)C[C@@H](C)O1. The van der Waals surface area contributed by atoms with Gasteiger partial charge in [0.2, 0.25) is 0 Å². The molecule has 0 bridgehead atoms. The van der Waals surface area contributed by atoms with Gasteiger partial charge in [-0.1, -0.05) is 0 Å². The largest absolute Gasteiger partial charge is 0.453 e. The number of nitrogens with zero attached hydrogens (tertiary/aromatic N) is 5. The third-order valence-electron chi connectivity index (χ3n) is 3.25. The van der Waals surface area contributed by atoms with E-state index in [9.17, 15) is 13.2 Å². The second kappa shape index (κ2) is 4.83. The van der Waals surface area contributed by atoms with Gasteiger partial charge >= 0.3 is 6.18 Å². The standard InChI is InChI=1S/C12H14F3N5O/c1-7-5-19(6-8(2)21-7)10-4-3-9-16-17-11(12(13,14)15)20(9)18-10/h3-4,7-8H,5-6H2,1-2H3/t7-,8-/m1/s1. The molecule has 0 radical (unpaired) electrons. The summed E-state index contributed by atoms with van der Waals surface area (Å²) in [5.74, 6) is -0.663. The lowest BCUT2D eigenvalue weighted by atomic mass is 10.2. The third-order valence-corrected chi connectivity index (χ3v) is 3.25. The quantitative estimate of drug-likeness (QED) is 0.803. The van der Waals surface area contributed by atoms with Gasteiger partial charge in [-0.3, -0.25) is 0 Å². The number of morpholine rings is 1. The second-order valence-electron chi connectivity index (χ2n) is 5.15. The van der Waals surface area contributed by atoms with E-state index in [2.05, 4.69) is 15.3 Å². The Kier molecular flexibility index (Phi) is 3.23. The molecule has 3 rings (SSSR count). The van der Waals surface area contributed by atoms with E-state index in [1.165, 1.54) is 6.07 Å². The van der Waals surface area contributed by atoms with E-state index < -0.39 is 12.0 Å². The molecular weight excluding hydrogens is 287 g/mol. The summed E-state index contributed by atoms with van der Waals surface area (Å²) in [5.41, 5.74) is 0.0698. The van der Waals surface area contributed by atoms with Gasteiger partial charge in [0.25, 0.3) is 5.82 Å².